The van der Waals surface area contributed by atoms with E-state index in [2.05, 4.69) is 13.8 Å². The number of carbonyl (C=O) groups is 3. The maximum absolute atomic E-state index is 12.6. The van der Waals surface area contributed by atoms with E-state index >= 15 is 0 Å². The molecule has 0 aliphatic carbocycles. The Balaban J connectivity index is 4.29. The van der Waals surface area contributed by atoms with Crippen molar-refractivity contribution in [2.75, 3.05) is 40.1 Å². The largest absolute Gasteiger partial charge is 0.462 e. The number of ether oxygens (including phenoxy) is 5. The highest BCUT2D eigenvalue weighted by Crippen LogP contribution is 2.14. The SMILES string of the molecule is CCCCCCCCCCCCCC(=O)OCC(COC(=O)CCCOCCOC)OC(=O)CCCCCCCCCCCCC. The molecule has 1 unspecified atom stereocenters. The van der Waals surface area contributed by atoms with Gasteiger partial charge in [-0.05, 0) is 19.3 Å². The highest BCUT2D eigenvalue weighted by molar-refractivity contribution is 5.71. The van der Waals surface area contributed by atoms with Crippen LogP contribution in [-0.4, -0.2) is 64.2 Å². The molecule has 0 aromatic rings. The molecule has 0 rings (SSSR count). The van der Waals surface area contributed by atoms with E-state index in [1.807, 2.05) is 0 Å². The van der Waals surface area contributed by atoms with Crippen molar-refractivity contribution in [3.05, 3.63) is 0 Å². The van der Waals surface area contributed by atoms with Crippen molar-refractivity contribution >= 4 is 17.9 Å². The quantitative estimate of drug-likeness (QED) is 0.0373. The molecule has 0 aliphatic heterocycles. The molecule has 0 heterocycles. The van der Waals surface area contributed by atoms with Crippen LogP contribution >= 0.6 is 0 Å². The monoisotopic (exact) mass is 657 g/mol. The van der Waals surface area contributed by atoms with Gasteiger partial charge in [-0.3, -0.25) is 14.4 Å². The molecular formula is C38H72O8. The minimum absolute atomic E-state index is 0.103. The van der Waals surface area contributed by atoms with Gasteiger partial charge in [-0.15, -0.1) is 0 Å². The molecule has 8 heteroatoms. The molecule has 272 valence electrons. The highest BCUT2D eigenvalue weighted by Gasteiger charge is 2.19. The fourth-order valence-corrected chi connectivity index (χ4v) is 5.31. The molecule has 0 aliphatic rings. The van der Waals surface area contributed by atoms with Crippen LogP contribution in [0.3, 0.4) is 0 Å². The van der Waals surface area contributed by atoms with E-state index in [9.17, 15) is 14.4 Å². The van der Waals surface area contributed by atoms with E-state index < -0.39 is 12.1 Å². The molecule has 0 bridgehead atoms. The second-order valence-electron chi connectivity index (χ2n) is 12.8. The number of carbonyl (C=O) groups excluding carboxylic acids is 3. The summed E-state index contributed by atoms with van der Waals surface area (Å²) >= 11 is 0. The van der Waals surface area contributed by atoms with Gasteiger partial charge in [0.25, 0.3) is 0 Å². The van der Waals surface area contributed by atoms with Crippen molar-refractivity contribution in [3.8, 4) is 0 Å². The molecule has 0 fully saturated rings. The van der Waals surface area contributed by atoms with Crippen molar-refractivity contribution in [2.45, 2.75) is 187 Å². The number of hydrogen-bond acceptors (Lipinski definition) is 8. The average molecular weight is 657 g/mol. The topological polar surface area (TPSA) is 97.4 Å². The van der Waals surface area contributed by atoms with E-state index in [-0.39, 0.29) is 31.6 Å². The Labute approximate surface area is 282 Å². The first-order valence-corrected chi connectivity index (χ1v) is 19.1. The Bertz CT molecular complexity index is 684. The van der Waals surface area contributed by atoms with Crippen molar-refractivity contribution in [3.63, 3.8) is 0 Å². The van der Waals surface area contributed by atoms with Crippen molar-refractivity contribution in [1.82, 2.24) is 0 Å². The smallest absolute Gasteiger partial charge is 0.306 e. The average Bonchev–Trinajstić information content (AvgIpc) is 3.05. The summed E-state index contributed by atoms with van der Waals surface area (Å²) in [5.74, 6) is -1.04. The van der Waals surface area contributed by atoms with Gasteiger partial charge >= 0.3 is 17.9 Å². The fourth-order valence-electron chi connectivity index (χ4n) is 5.31. The zero-order chi connectivity index (χ0) is 33.8. The molecular weight excluding hydrogens is 584 g/mol. The maximum Gasteiger partial charge on any atom is 0.306 e. The third-order valence-electron chi connectivity index (χ3n) is 8.23. The Morgan fingerprint density at radius 3 is 1.22 bits per heavy atom. The molecule has 1 atom stereocenters. The van der Waals surface area contributed by atoms with Crippen molar-refractivity contribution in [2.24, 2.45) is 0 Å². The number of unbranched alkanes of at least 4 members (excludes halogenated alkanes) is 20. The lowest BCUT2D eigenvalue weighted by molar-refractivity contribution is -0.167. The van der Waals surface area contributed by atoms with E-state index in [4.69, 9.17) is 23.7 Å². The van der Waals surface area contributed by atoms with Crippen LogP contribution in [0.25, 0.3) is 0 Å². The molecule has 0 N–H and O–H groups in total. The van der Waals surface area contributed by atoms with Gasteiger partial charge < -0.3 is 23.7 Å². The van der Waals surface area contributed by atoms with Crippen LogP contribution in [0.5, 0.6) is 0 Å². The van der Waals surface area contributed by atoms with Gasteiger partial charge in [0.05, 0.1) is 13.2 Å². The van der Waals surface area contributed by atoms with Crippen LogP contribution in [0.4, 0.5) is 0 Å². The summed E-state index contributed by atoms with van der Waals surface area (Å²) in [5, 5.41) is 0. The predicted octanol–water partition coefficient (Wildman–Crippen LogP) is 9.83. The highest BCUT2D eigenvalue weighted by atomic mass is 16.6. The third kappa shape index (κ3) is 33.7. The van der Waals surface area contributed by atoms with E-state index in [1.54, 1.807) is 7.11 Å². The van der Waals surface area contributed by atoms with Crippen LogP contribution in [0.1, 0.15) is 181 Å². The summed E-state index contributed by atoms with van der Waals surface area (Å²) in [6, 6.07) is 0. The minimum Gasteiger partial charge on any atom is -0.462 e. The lowest BCUT2D eigenvalue weighted by atomic mass is 10.1. The van der Waals surface area contributed by atoms with Gasteiger partial charge in [-0.2, -0.15) is 0 Å². The van der Waals surface area contributed by atoms with Crippen LogP contribution in [0.15, 0.2) is 0 Å². The molecule has 0 saturated heterocycles. The summed E-state index contributed by atoms with van der Waals surface area (Å²) in [4.78, 5) is 37.1. The van der Waals surface area contributed by atoms with E-state index in [0.717, 1.165) is 38.5 Å². The zero-order valence-corrected chi connectivity index (χ0v) is 30.3. The van der Waals surface area contributed by atoms with E-state index in [0.29, 0.717) is 39.1 Å². The molecule has 0 spiro atoms. The Kier molecular flexibility index (Phi) is 34.9. The molecule has 0 aromatic heterocycles. The van der Waals surface area contributed by atoms with Gasteiger partial charge in [-0.1, -0.05) is 142 Å². The zero-order valence-electron chi connectivity index (χ0n) is 30.3. The Morgan fingerprint density at radius 1 is 0.435 bits per heavy atom. The number of esters is 3. The summed E-state index contributed by atoms with van der Waals surface area (Å²) in [7, 11) is 1.61. The molecule has 8 nitrogen and oxygen atoms in total. The molecule has 46 heavy (non-hydrogen) atoms. The first kappa shape index (κ1) is 44.3. The van der Waals surface area contributed by atoms with Gasteiger partial charge in [0.2, 0.25) is 0 Å². The first-order valence-electron chi connectivity index (χ1n) is 19.1. The first-order chi connectivity index (χ1) is 22.5. The van der Waals surface area contributed by atoms with Crippen molar-refractivity contribution < 1.29 is 38.1 Å². The maximum atomic E-state index is 12.6. The normalized spacial score (nSPS) is 11.8. The fraction of sp³-hybridized carbons (Fsp3) is 0.921. The Morgan fingerprint density at radius 2 is 0.804 bits per heavy atom. The van der Waals surface area contributed by atoms with Crippen LogP contribution in [-0.2, 0) is 38.1 Å². The minimum atomic E-state index is -0.802. The summed E-state index contributed by atoms with van der Waals surface area (Å²) < 4.78 is 26.7. The number of hydrogen-bond donors (Lipinski definition) is 0. The van der Waals surface area contributed by atoms with Gasteiger partial charge in [0, 0.05) is 33.0 Å². The molecule has 0 amide bonds. The Hall–Kier alpha value is -1.67. The number of rotatable bonds is 36. The van der Waals surface area contributed by atoms with Gasteiger partial charge in [0.1, 0.15) is 13.2 Å². The third-order valence-corrected chi connectivity index (χ3v) is 8.23. The van der Waals surface area contributed by atoms with Crippen molar-refractivity contribution in [1.29, 1.82) is 0 Å². The summed E-state index contributed by atoms with van der Waals surface area (Å²) in [6.45, 7) is 5.68. The summed E-state index contributed by atoms with van der Waals surface area (Å²) in [5.41, 5.74) is 0. The standard InChI is InChI=1S/C38H72O8/c1-4-6-8-10-12-14-16-18-20-22-24-27-36(39)44-33-35(34-45-37(40)29-26-30-43-32-31-42-3)46-38(41)28-25-23-21-19-17-15-13-11-9-7-5-2/h35H,4-34H2,1-3H3. The van der Waals surface area contributed by atoms with Crippen LogP contribution in [0, 0.1) is 0 Å². The van der Waals surface area contributed by atoms with Gasteiger partial charge in [0.15, 0.2) is 6.10 Å². The summed E-state index contributed by atoms with van der Waals surface area (Å²) in [6.07, 6.45) is 27.2. The lowest BCUT2D eigenvalue weighted by Gasteiger charge is -2.18. The lowest BCUT2D eigenvalue weighted by Crippen LogP contribution is -2.31. The molecule has 0 aromatic carbocycles. The van der Waals surface area contributed by atoms with Crippen LogP contribution in [0.2, 0.25) is 0 Å². The second kappa shape index (κ2) is 36.2. The molecule has 0 saturated carbocycles. The van der Waals surface area contributed by atoms with Gasteiger partial charge in [-0.25, -0.2) is 0 Å². The van der Waals surface area contributed by atoms with E-state index in [1.165, 1.54) is 103 Å². The predicted molar refractivity (Wildman–Crippen MR) is 186 cm³/mol. The molecule has 0 radical (unpaired) electrons. The number of methoxy groups -OCH3 is 1. The second-order valence-corrected chi connectivity index (χ2v) is 12.8. The van der Waals surface area contributed by atoms with Crippen LogP contribution < -0.4 is 0 Å².